The molecule has 82 valence electrons. The van der Waals surface area contributed by atoms with Crippen molar-refractivity contribution < 1.29 is 0 Å². The third kappa shape index (κ3) is 2.68. The number of hydrogen-bond acceptors (Lipinski definition) is 3. The molecule has 0 aromatic carbocycles. The molecule has 0 spiro atoms. The zero-order valence-electron chi connectivity index (χ0n) is 9.13. The second-order valence-electron chi connectivity index (χ2n) is 4.36. The van der Waals surface area contributed by atoms with Crippen LogP contribution in [0.15, 0.2) is 10.7 Å². The summed E-state index contributed by atoms with van der Waals surface area (Å²) in [6.45, 7) is 4.21. The van der Waals surface area contributed by atoms with Crippen LogP contribution in [0, 0.1) is 0 Å². The van der Waals surface area contributed by atoms with Crippen LogP contribution in [0.3, 0.4) is 0 Å². The van der Waals surface area contributed by atoms with Gasteiger partial charge in [-0.15, -0.1) is 0 Å². The Balaban J connectivity index is 2.15. The Labute approximate surface area is 98.8 Å². The molecule has 0 atom stereocenters. The minimum Gasteiger partial charge on any atom is -0.367 e. The molecule has 1 aromatic rings. The number of hydrogen-bond donors (Lipinski definition) is 1. The summed E-state index contributed by atoms with van der Waals surface area (Å²) in [7, 11) is 0. The number of halogens is 1. The molecule has 0 amide bonds. The fourth-order valence-corrected chi connectivity index (χ4v) is 1.93. The number of anilines is 1. The lowest BCUT2D eigenvalue weighted by Gasteiger charge is -2.27. The molecule has 4 heteroatoms. The van der Waals surface area contributed by atoms with Crippen LogP contribution in [-0.2, 0) is 0 Å². The normalized spacial score (nSPS) is 16.5. The molecule has 15 heavy (non-hydrogen) atoms. The second-order valence-corrected chi connectivity index (χ2v) is 5.17. The van der Waals surface area contributed by atoms with Crippen molar-refractivity contribution in [3.63, 3.8) is 0 Å². The van der Waals surface area contributed by atoms with Crippen molar-refractivity contribution in [1.29, 1.82) is 0 Å². The SMILES string of the molecule is CC(C)c1nc(Br)cc(NC2CCC2)n1. The Morgan fingerprint density at radius 1 is 1.40 bits per heavy atom. The molecule has 1 N–H and O–H groups in total. The molecular weight excluding hydrogens is 254 g/mol. The van der Waals surface area contributed by atoms with Gasteiger partial charge in [0.25, 0.3) is 0 Å². The van der Waals surface area contributed by atoms with Crippen molar-refractivity contribution in [3.05, 3.63) is 16.5 Å². The van der Waals surface area contributed by atoms with Gasteiger partial charge in [0.1, 0.15) is 16.2 Å². The molecule has 0 bridgehead atoms. The van der Waals surface area contributed by atoms with Gasteiger partial charge in [0.05, 0.1) is 0 Å². The van der Waals surface area contributed by atoms with Crippen molar-refractivity contribution in [3.8, 4) is 0 Å². The third-order valence-corrected chi connectivity index (χ3v) is 3.09. The van der Waals surface area contributed by atoms with E-state index in [9.17, 15) is 0 Å². The van der Waals surface area contributed by atoms with Gasteiger partial charge in [-0.25, -0.2) is 9.97 Å². The number of aromatic nitrogens is 2. The Bertz CT molecular complexity index is 348. The topological polar surface area (TPSA) is 37.8 Å². The maximum absolute atomic E-state index is 4.50. The summed E-state index contributed by atoms with van der Waals surface area (Å²) in [5.74, 6) is 2.21. The largest absolute Gasteiger partial charge is 0.367 e. The molecule has 0 radical (unpaired) electrons. The van der Waals surface area contributed by atoms with E-state index in [1.807, 2.05) is 6.07 Å². The van der Waals surface area contributed by atoms with E-state index in [-0.39, 0.29) is 0 Å². The standard InChI is InChI=1S/C11H16BrN3/c1-7(2)11-14-9(12)6-10(15-11)13-8-4-3-5-8/h6-8H,3-5H2,1-2H3,(H,13,14,15). The first-order valence-corrected chi connectivity index (χ1v) is 6.25. The lowest BCUT2D eigenvalue weighted by atomic mass is 9.93. The quantitative estimate of drug-likeness (QED) is 0.856. The molecule has 1 aromatic heterocycles. The highest BCUT2D eigenvalue weighted by atomic mass is 79.9. The maximum atomic E-state index is 4.50. The van der Waals surface area contributed by atoms with Crippen LogP contribution in [0.1, 0.15) is 44.9 Å². The third-order valence-electron chi connectivity index (χ3n) is 2.69. The van der Waals surface area contributed by atoms with E-state index in [1.54, 1.807) is 0 Å². The molecule has 0 unspecified atom stereocenters. The molecule has 0 saturated heterocycles. The van der Waals surface area contributed by atoms with Gasteiger partial charge in [-0.05, 0) is 35.2 Å². The van der Waals surface area contributed by atoms with Crippen molar-refractivity contribution in [2.75, 3.05) is 5.32 Å². The summed E-state index contributed by atoms with van der Waals surface area (Å²) < 4.78 is 0.864. The Kier molecular flexibility index (Phi) is 3.24. The van der Waals surface area contributed by atoms with Gasteiger partial charge in [0.15, 0.2) is 0 Å². The molecule has 1 fully saturated rings. The average Bonchev–Trinajstić information content (AvgIpc) is 2.10. The summed E-state index contributed by atoms with van der Waals surface area (Å²) in [6, 6.07) is 2.57. The van der Waals surface area contributed by atoms with Crippen LogP contribution in [0.2, 0.25) is 0 Å². The Hall–Kier alpha value is -0.640. The van der Waals surface area contributed by atoms with Crippen LogP contribution in [0.5, 0.6) is 0 Å². The van der Waals surface area contributed by atoms with Crippen LogP contribution in [0.25, 0.3) is 0 Å². The lowest BCUT2D eigenvalue weighted by molar-refractivity contribution is 0.444. The predicted molar refractivity (Wildman–Crippen MR) is 65.1 cm³/mol. The maximum Gasteiger partial charge on any atom is 0.134 e. The van der Waals surface area contributed by atoms with Gasteiger partial charge < -0.3 is 5.32 Å². The fraction of sp³-hybridized carbons (Fsp3) is 0.636. The molecule has 1 aliphatic rings. The van der Waals surface area contributed by atoms with E-state index in [0.717, 1.165) is 16.2 Å². The molecule has 1 aliphatic carbocycles. The average molecular weight is 270 g/mol. The second kappa shape index (κ2) is 4.47. The van der Waals surface area contributed by atoms with Crippen LogP contribution < -0.4 is 5.32 Å². The van der Waals surface area contributed by atoms with E-state index in [0.29, 0.717) is 12.0 Å². The fourth-order valence-electron chi connectivity index (χ4n) is 1.53. The first-order valence-electron chi connectivity index (χ1n) is 5.46. The summed E-state index contributed by atoms with van der Waals surface area (Å²) in [5, 5.41) is 3.43. The highest BCUT2D eigenvalue weighted by Gasteiger charge is 2.18. The number of nitrogens with zero attached hydrogens (tertiary/aromatic N) is 2. The first kappa shape index (κ1) is 10.9. The zero-order chi connectivity index (χ0) is 10.8. The van der Waals surface area contributed by atoms with E-state index < -0.39 is 0 Å². The first-order chi connectivity index (χ1) is 7.15. The Morgan fingerprint density at radius 3 is 2.67 bits per heavy atom. The monoisotopic (exact) mass is 269 g/mol. The van der Waals surface area contributed by atoms with Gasteiger partial charge in [-0.2, -0.15) is 0 Å². The smallest absolute Gasteiger partial charge is 0.134 e. The van der Waals surface area contributed by atoms with Crippen molar-refractivity contribution in [2.24, 2.45) is 0 Å². The molecule has 0 aliphatic heterocycles. The van der Waals surface area contributed by atoms with Gasteiger partial charge >= 0.3 is 0 Å². The van der Waals surface area contributed by atoms with E-state index >= 15 is 0 Å². The minimum absolute atomic E-state index is 0.365. The minimum atomic E-state index is 0.365. The van der Waals surface area contributed by atoms with Gasteiger partial charge in [0.2, 0.25) is 0 Å². The highest BCUT2D eigenvalue weighted by molar-refractivity contribution is 9.10. The lowest BCUT2D eigenvalue weighted by Crippen LogP contribution is -2.27. The van der Waals surface area contributed by atoms with Crippen LogP contribution in [-0.4, -0.2) is 16.0 Å². The zero-order valence-corrected chi connectivity index (χ0v) is 10.7. The van der Waals surface area contributed by atoms with Crippen molar-refractivity contribution in [1.82, 2.24) is 9.97 Å². The van der Waals surface area contributed by atoms with E-state index in [4.69, 9.17) is 0 Å². The van der Waals surface area contributed by atoms with Crippen molar-refractivity contribution >= 4 is 21.7 Å². The number of nitrogens with one attached hydrogen (secondary N) is 1. The molecule has 2 rings (SSSR count). The summed E-state index contributed by atoms with van der Waals surface area (Å²) in [5.41, 5.74) is 0. The van der Waals surface area contributed by atoms with Gasteiger partial charge in [-0.3, -0.25) is 0 Å². The van der Waals surface area contributed by atoms with Gasteiger partial charge in [0, 0.05) is 18.0 Å². The molecular formula is C11H16BrN3. The van der Waals surface area contributed by atoms with E-state index in [2.05, 4.69) is 45.1 Å². The summed E-state index contributed by atoms with van der Waals surface area (Å²) >= 11 is 3.42. The highest BCUT2D eigenvalue weighted by Crippen LogP contribution is 2.24. The molecule has 3 nitrogen and oxygen atoms in total. The van der Waals surface area contributed by atoms with Crippen LogP contribution in [0.4, 0.5) is 5.82 Å². The summed E-state index contributed by atoms with van der Waals surface area (Å²) in [6.07, 6.45) is 3.86. The van der Waals surface area contributed by atoms with Crippen molar-refractivity contribution in [2.45, 2.75) is 45.1 Å². The number of rotatable bonds is 3. The predicted octanol–water partition coefficient (Wildman–Crippen LogP) is 3.33. The Morgan fingerprint density at radius 2 is 2.13 bits per heavy atom. The van der Waals surface area contributed by atoms with Gasteiger partial charge in [-0.1, -0.05) is 13.8 Å². The molecule has 1 heterocycles. The van der Waals surface area contributed by atoms with E-state index in [1.165, 1.54) is 19.3 Å². The summed E-state index contributed by atoms with van der Waals surface area (Å²) in [4.78, 5) is 8.85. The van der Waals surface area contributed by atoms with Crippen LogP contribution >= 0.6 is 15.9 Å². The molecule has 1 saturated carbocycles.